The van der Waals surface area contributed by atoms with Gasteiger partial charge in [-0.05, 0) is 53.9 Å². The van der Waals surface area contributed by atoms with Gasteiger partial charge in [0.25, 0.3) is 0 Å². The Morgan fingerprint density at radius 3 is 2.00 bits per heavy atom. The van der Waals surface area contributed by atoms with Crippen molar-refractivity contribution in [1.82, 2.24) is 4.72 Å². The maximum absolute atomic E-state index is 13.3. The Labute approximate surface area is 172 Å². The van der Waals surface area contributed by atoms with Crippen LogP contribution in [-0.2, 0) is 15.6 Å². The van der Waals surface area contributed by atoms with Crippen molar-refractivity contribution in [2.24, 2.45) is 0 Å². The maximum Gasteiger partial charge on any atom is 0.241 e. The summed E-state index contributed by atoms with van der Waals surface area (Å²) in [5.41, 5.74) is 1.86. The number of rotatable bonds is 5. The molecule has 0 aliphatic heterocycles. The van der Waals surface area contributed by atoms with E-state index in [9.17, 15) is 8.42 Å². The van der Waals surface area contributed by atoms with E-state index in [4.69, 9.17) is 0 Å². The second kappa shape index (κ2) is 7.47. The number of aryl methyl sites for hydroxylation is 1. The minimum Gasteiger partial charge on any atom is -0.207 e. The lowest BCUT2D eigenvalue weighted by atomic mass is 9.85. The van der Waals surface area contributed by atoms with Crippen LogP contribution in [0.4, 0.5) is 0 Å². The van der Waals surface area contributed by atoms with Crippen LogP contribution in [0.1, 0.15) is 23.6 Å². The summed E-state index contributed by atoms with van der Waals surface area (Å²) >= 11 is 0. The van der Waals surface area contributed by atoms with Gasteiger partial charge in [-0.2, -0.15) is 4.72 Å². The van der Waals surface area contributed by atoms with Crippen LogP contribution in [0.15, 0.2) is 102 Å². The molecule has 4 rings (SSSR count). The van der Waals surface area contributed by atoms with E-state index in [1.807, 2.05) is 86.6 Å². The monoisotopic (exact) mass is 401 g/mol. The van der Waals surface area contributed by atoms with E-state index in [1.165, 1.54) is 0 Å². The second-order valence-corrected chi connectivity index (χ2v) is 9.15. The summed E-state index contributed by atoms with van der Waals surface area (Å²) in [7, 11) is -3.73. The molecule has 0 fully saturated rings. The summed E-state index contributed by atoms with van der Waals surface area (Å²) in [5.74, 6) is 0. The highest BCUT2D eigenvalue weighted by Gasteiger charge is 2.34. The number of benzene rings is 4. The average molecular weight is 402 g/mol. The summed E-state index contributed by atoms with van der Waals surface area (Å²) in [6.07, 6.45) is 0. The fourth-order valence-corrected chi connectivity index (χ4v) is 4.99. The second-order valence-electron chi connectivity index (χ2n) is 7.47. The van der Waals surface area contributed by atoms with Crippen LogP contribution < -0.4 is 4.72 Å². The largest absolute Gasteiger partial charge is 0.241 e. The molecule has 0 unspecified atom stereocenters. The van der Waals surface area contributed by atoms with Crippen molar-refractivity contribution in [1.29, 1.82) is 0 Å². The predicted octanol–water partition coefficient (Wildman–Crippen LogP) is 5.39. The first-order chi connectivity index (χ1) is 13.9. The number of hydrogen-bond donors (Lipinski definition) is 1. The summed E-state index contributed by atoms with van der Waals surface area (Å²) in [6.45, 7) is 3.85. The van der Waals surface area contributed by atoms with E-state index in [1.54, 1.807) is 12.1 Å². The SMILES string of the molecule is Cc1ccc(S(=O)(=O)N[C@@](C)(c2ccccc2)c2ccc3ccccc3c2)cc1. The van der Waals surface area contributed by atoms with Crippen LogP contribution in [0.2, 0.25) is 0 Å². The number of hydrogen-bond acceptors (Lipinski definition) is 2. The topological polar surface area (TPSA) is 46.2 Å². The zero-order valence-corrected chi connectivity index (χ0v) is 17.3. The Kier molecular flexibility index (Phi) is 4.99. The van der Waals surface area contributed by atoms with Gasteiger partial charge in [0.15, 0.2) is 0 Å². The molecule has 0 heterocycles. The fraction of sp³-hybridized carbons (Fsp3) is 0.120. The number of sulfonamides is 1. The summed E-state index contributed by atoms with van der Waals surface area (Å²) < 4.78 is 29.5. The van der Waals surface area contributed by atoms with Gasteiger partial charge in [-0.25, -0.2) is 8.42 Å². The molecule has 0 aliphatic rings. The predicted molar refractivity (Wildman–Crippen MR) is 118 cm³/mol. The minimum atomic E-state index is -3.73. The highest BCUT2D eigenvalue weighted by atomic mass is 32.2. The Hall–Kier alpha value is -2.95. The summed E-state index contributed by atoms with van der Waals surface area (Å²) in [5, 5.41) is 2.19. The zero-order chi connectivity index (χ0) is 20.5. The number of nitrogens with one attached hydrogen (secondary N) is 1. The smallest absolute Gasteiger partial charge is 0.207 e. The third-order valence-electron chi connectivity index (χ3n) is 5.35. The van der Waals surface area contributed by atoms with Crippen LogP contribution in [0.25, 0.3) is 10.8 Å². The molecule has 0 radical (unpaired) electrons. The Morgan fingerprint density at radius 2 is 1.31 bits per heavy atom. The quantitative estimate of drug-likeness (QED) is 0.487. The normalized spacial score (nSPS) is 13.9. The van der Waals surface area contributed by atoms with E-state index in [-0.39, 0.29) is 4.90 Å². The molecular weight excluding hydrogens is 378 g/mol. The Morgan fingerprint density at radius 1 is 0.690 bits per heavy atom. The first-order valence-corrected chi connectivity index (χ1v) is 11.0. The molecule has 146 valence electrons. The molecule has 0 saturated carbocycles. The molecule has 4 heteroatoms. The lowest BCUT2D eigenvalue weighted by molar-refractivity contribution is 0.503. The molecule has 0 aliphatic carbocycles. The third kappa shape index (κ3) is 3.82. The van der Waals surface area contributed by atoms with Gasteiger partial charge in [0, 0.05) is 0 Å². The molecule has 0 amide bonds. The Balaban J connectivity index is 1.86. The highest BCUT2D eigenvalue weighted by molar-refractivity contribution is 7.89. The fourth-order valence-electron chi connectivity index (χ4n) is 3.60. The van der Waals surface area contributed by atoms with Gasteiger partial charge in [-0.1, -0.05) is 84.4 Å². The van der Waals surface area contributed by atoms with Crippen molar-refractivity contribution in [2.75, 3.05) is 0 Å². The Bertz CT molecular complexity index is 1250. The standard InChI is InChI=1S/C25H23NO2S/c1-19-12-16-24(17-13-19)29(27,28)26-25(2,22-10-4-3-5-11-22)23-15-14-20-8-6-7-9-21(20)18-23/h3-18,26H,1-2H3/t25-/m0/s1. The maximum atomic E-state index is 13.3. The minimum absolute atomic E-state index is 0.256. The zero-order valence-electron chi connectivity index (χ0n) is 16.5. The van der Waals surface area contributed by atoms with Crippen molar-refractivity contribution in [2.45, 2.75) is 24.3 Å². The first-order valence-electron chi connectivity index (χ1n) is 9.54. The van der Waals surface area contributed by atoms with Crippen molar-refractivity contribution in [3.8, 4) is 0 Å². The van der Waals surface area contributed by atoms with Gasteiger partial charge < -0.3 is 0 Å². The van der Waals surface area contributed by atoms with Crippen LogP contribution in [0, 0.1) is 6.92 Å². The van der Waals surface area contributed by atoms with Crippen LogP contribution in [-0.4, -0.2) is 8.42 Å². The first kappa shape index (κ1) is 19.4. The van der Waals surface area contributed by atoms with Crippen molar-refractivity contribution in [3.63, 3.8) is 0 Å². The van der Waals surface area contributed by atoms with Gasteiger partial charge in [0.05, 0.1) is 10.4 Å². The van der Waals surface area contributed by atoms with Gasteiger partial charge in [-0.15, -0.1) is 0 Å². The van der Waals surface area contributed by atoms with Crippen LogP contribution in [0.3, 0.4) is 0 Å². The molecule has 3 nitrogen and oxygen atoms in total. The van der Waals surface area contributed by atoms with E-state index in [2.05, 4.69) is 16.9 Å². The molecule has 4 aromatic rings. The van der Waals surface area contributed by atoms with Gasteiger partial charge in [0.2, 0.25) is 10.0 Å². The molecule has 4 aromatic carbocycles. The molecular formula is C25H23NO2S. The van der Waals surface area contributed by atoms with Crippen LogP contribution in [0.5, 0.6) is 0 Å². The van der Waals surface area contributed by atoms with Crippen LogP contribution >= 0.6 is 0 Å². The van der Waals surface area contributed by atoms with Gasteiger partial charge in [0.1, 0.15) is 0 Å². The van der Waals surface area contributed by atoms with E-state index in [0.29, 0.717) is 0 Å². The third-order valence-corrected chi connectivity index (χ3v) is 6.92. The van der Waals surface area contributed by atoms with E-state index < -0.39 is 15.6 Å². The van der Waals surface area contributed by atoms with Gasteiger partial charge in [-0.3, -0.25) is 0 Å². The molecule has 29 heavy (non-hydrogen) atoms. The lowest BCUT2D eigenvalue weighted by Crippen LogP contribution is -2.44. The molecule has 1 N–H and O–H groups in total. The molecule has 1 atom stereocenters. The average Bonchev–Trinajstić information content (AvgIpc) is 2.74. The van der Waals surface area contributed by atoms with E-state index >= 15 is 0 Å². The molecule has 0 bridgehead atoms. The molecule has 0 aromatic heterocycles. The molecule has 0 spiro atoms. The highest BCUT2D eigenvalue weighted by Crippen LogP contribution is 2.33. The number of fused-ring (bicyclic) bond motifs is 1. The molecule has 0 saturated heterocycles. The van der Waals surface area contributed by atoms with E-state index in [0.717, 1.165) is 27.5 Å². The van der Waals surface area contributed by atoms with Crippen molar-refractivity contribution in [3.05, 3.63) is 114 Å². The lowest BCUT2D eigenvalue weighted by Gasteiger charge is -2.32. The summed E-state index contributed by atoms with van der Waals surface area (Å²) in [6, 6.07) is 30.7. The van der Waals surface area contributed by atoms with Gasteiger partial charge >= 0.3 is 0 Å². The summed E-state index contributed by atoms with van der Waals surface area (Å²) in [4.78, 5) is 0.256. The van der Waals surface area contributed by atoms with Crippen molar-refractivity contribution < 1.29 is 8.42 Å². The van der Waals surface area contributed by atoms with Crippen molar-refractivity contribution >= 4 is 20.8 Å².